The van der Waals surface area contributed by atoms with Crippen LogP contribution in [0.2, 0.25) is 0 Å². The van der Waals surface area contributed by atoms with Gasteiger partial charge in [0.2, 0.25) is 0 Å². The Kier molecular flexibility index (Phi) is 4.37. The predicted molar refractivity (Wildman–Crippen MR) is 72.5 cm³/mol. The first kappa shape index (κ1) is 12.4. The number of pyridine rings is 1. The van der Waals surface area contributed by atoms with Crippen LogP contribution in [-0.4, -0.2) is 30.7 Å². The lowest BCUT2D eigenvalue weighted by atomic mass is 10.2. The maximum absolute atomic E-state index is 4.50. The molecule has 2 rings (SSSR count). The number of aryl methyl sites for hydroxylation is 1. The van der Waals surface area contributed by atoms with Crippen molar-refractivity contribution in [3.8, 4) is 0 Å². The SMILES string of the molecule is CCCN(CC1CCCN1)c1cc(C)ccn1. The first-order chi connectivity index (χ1) is 8.29. The van der Waals surface area contributed by atoms with E-state index in [0.717, 1.165) is 18.9 Å². The van der Waals surface area contributed by atoms with Crippen molar-refractivity contribution in [2.24, 2.45) is 0 Å². The molecule has 1 N–H and O–H groups in total. The molecule has 1 aliphatic rings. The van der Waals surface area contributed by atoms with Gasteiger partial charge in [-0.15, -0.1) is 0 Å². The van der Waals surface area contributed by atoms with Crippen LogP contribution in [0.1, 0.15) is 31.7 Å². The molecule has 3 heteroatoms. The fraction of sp³-hybridized carbons (Fsp3) is 0.643. The zero-order chi connectivity index (χ0) is 12.1. The molecule has 0 radical (unpaired) electrons. The standard InChI is InChI=1S/C14H23N3/c1-3-9-17(11-13-5-4-7-15-13)14-10-12(2)6-8-16-14/h6,8,10,13,15H,3-5,7,9,11H2,1-2H3. The fourth-order valence-corrected chi connectivity index (χ4v) is 2.44. The summed E-state index contributed by atoms with van der Waals surface area (Å²) in [4.78, 5) is 6.91. The third kappa shape index (κ3) is 3.43. The van der Waals surface area contributed by atoms with Crippen LogP contribution in [0.5, 0.6) is 0 Å². The minimum Gasteiger partial charge on any atom is -0.355 e. The van der Waals surface area contributed by atoms with E-state index >= 15 is 0 Å². The molecule has 0 amide bonds. The molecule has 17 heavy (non-hydrogen) atoms. The highest BCUT2D eigenvalue weighted by molar-refractivity contribution is 5.40. The number of nitrogens with one attached hydrogen (secondary N) is 1. The summed E-state index contributed by atoms with van der Waals surface area (Å²) in [6, 6.07) is 4.88. The quantitative estimate of drug-likeness (QED) is 0.846. The van der Waals surface area contributed by atoms with E-state index < -0.39 is 0 Å². The van der Waals surface area contributed by atoms with Gasteiger partial charge in [-0.25, -0.2) is 4.98 Å². The summed E-state index contributed by atoms with van der Waals surface area (Å²) in [5, 5.41) is 3.56. The second-order valence-corrected chi connectivity index (χ2v) is 4.93. The largest absolute Gasteiger partial charge is 0.355 e. The zero-order valence-corrected chi connectivity index (χ0v) is 10.9. The number of aromatic nitrogens is 1. The first-order valence-corrected chi connectivity index (χ1v) is 6.70. The van der Waals surface area contributed by atoms with Crippen molar-refractivity contribution in [2.75, 3.05) is 24.5 Å². The molecule has 3 nitrogen and oxygen atoms in total. The molecular formula is C14H23N3. The lowest BCUT2D eigenvalue weighted by molar-refractivity contribution is 0.575. The maximum Gasteiger partial charge on any atom is 0.128 e. The number of rotatable bonds is 5. The van der Waals surface area contributed by atoms with Crippen molar-refractivity contribution in [2.45, 2.75) is 39.2 Å². The van der Waals surface area contributed by atoms with E-state index in [1.807, 2.05) is 6.20 Å². The smallest absolute Gasteiger partial charge is 0.128 e. The summed E-state index contributed by atoms with van der Waals surface area (Å²) in [7, 11) is 0. The Morgan fingerprint density at radius 1 is 1.53 bits per heavy atom. The average molecular weight is 233 g/mol. The van der Waals surface area contributed by atoms with Crippen molar-refractivity contribution >= 4 is 5.82 Å². The van der Waals surface area contributed by atoms with Crippen LogP contribution in [0, 0.1) is 6.92 Å². The molecular weight excluding hydrogens is 210 g/mol. The molecule has 1 saturated heterocycles. The molecule has 0 bridgehead atoms. The van der Waals surface area contributed by atoms with Crippen LogP contribution >= 0.6 is 0 Å². The van der Waals surface area contributed by atoms with Crippen LogP contribution < -0.4 is 10.2 Å². The summed E-state index contributed by atoms with van der Waals surface area (Å²) in [5.41, 5.74) is 1.29. The number of anilines is 1. The average Bonchev–Trinajstić information content (AvgIpc) is 2.81. The minimum atomic E-state index is 0.642. The first-order valence-electron chi connectivity index (χ1n) is 6.70. The Morgan fingerprint density at radius 3 is 3.06 bits per heavy atom. The van der Waals surface area contributed by atoms with E-state index in [-0.39, 0.29) is 0 Å². The Bertz CT molecular complexity index is 345. The molecule has 0 spiro atoms. The van der Waals surface area contributed by atoms with E-state index in [4.69, 9.17) is 0 Å². The van der Waals surface area contributed by atoms with Crippen molar-refractivity contribution in [3.63, 3.8) is 0 Å². The lowest BCUT2D eigenvalue weighted by Crippen LogP contribution is -2.38. The highest BCUT2D eigenvalue weighted by Crippen LogP contribution is 2.15. The van der Waals surface area contributed by atoms with Crippen LogP contribution in [0.3, 0.4) is 0 Å². The summed E-state index contributed by atoms with van der Waals surface area (Å²) in [5.74, 6) is 1.13. The highest BCUT2D eigenvalue weighted by atomic mass is 15.2. The molecule has 0 aromatic carbocycles. The van der Waals surface area contributed by atoms with Gasteiger partial charge in [0.05, 0.1) is 0 Å². The van der Waals surface area contributed by atoms with Gasteiger partial charge >= 0.3 is 0 Å². The van der Waals surface area contributed by atoms with E-state index in [9.17, 15) is 0 Å². The molecule has 94 valence electrons. The third-order valence-corrected chi connectivity index (χ3v) is 3.32. The van der Waals surface area contributed by atoms with E-state index in [1.54, 1.807) is 0 Å². The van der Waals surface area contributed by atoms with Gasteiger partial charge in [-0.1, -0.05) is 6.92 Å². The van der Waals surface area contributed by atoms with E-state index in [0.29, 0.717) is 6.04 Å². The summed E-state index contributed by atoms with van der Waals surface area (Å²) in [6.07, 6.45) is 5.69. The molecule has 1 unspecified atom stereocenters. The van der Waals surface area contributed by atoms with Gasteiger partial charge in [-0.2, -0.15) is 0 Å². The van der Waals surface area contributed by atoms with E-state index in [1.165, 1.54) is 31.4 Å². The maximum atomic E-state index is 4.50. The summed E-state index contributed by atoms with van der Waals surface area (Å²) >= 11 is 0. The van der Waals surface area contributed by atoms with Gasteiger partial charge < -0.3 is 10.2 Å². The highest BCUT2D eigenvalue weighted by Gasteiger charge is 2.18. The summed E-state index contributed by atoms with van der Waals surface area (Å²) in [6.45, 7) is 7.71. The van der Waals surface area contributed by atoms with Gasteiger partial charge in [-0.05, 0) is 50.4 Å². The molecule has 1 aromatic rings. The number of nitrogens with zero attached hydrogens (tertiary/aromatic N) is 2. The Balaban J connectivity index is 2.04. The molecule has 2 heterocycles. The summed E-state index contributed by atoms with van der Waals surface area (Å²) < 4.78 is 0. The second kappa shape index (κ2) is 6.01. The van der Waals surface area contributed by atoms with Gasteiger partial charge in [0.15, 0.2) is 0 Å². The number of hydrogen-bond acceptors (Lipinski definition) is 3. The zero-order valence-electron chi connectivity index (χ0n) is 10.9. The van der Waals surface area contributed by atoms with Gasteiger partial charge in [-0.3, -0.25) is 0 Å². The molecule has 1 aromatic heterocycles. The Hall–Kier alpha value is -1.09. The van der Waals surface area contributed by atoms with E-state index in [2.05, 4.69) is 41.2 Å². The molecule has 0 saturated carbocycles. The number of hydrogen-bond donors (Lipinski definition) is 1. The van der Waals surface area contributed by atoms with Crippen LogP contribution in [0.15, 0.2) is 18.3 Å². The fourth-order valence-electron chi connectivity index (χ4n) is 2.44. The van der Waals surface area contributed by atoms with Crippen molar-refractivity contribution < 1.29 is 0 Å². The van der Waals surface area contributed by atoms with Crippen LogP contribution in [0.4, 0.5) is 5.82 Å². The van der Waals surface area contributed by atoms with Gasteiger partial charge in [0, 0.05) is 25.3 Å². The van der Waals surface area contributed by atoms with Crippen LogP contribution in [0.25, 0.3) is 0 Å². The monoisotopic (exact) mass is 233 g/mol. The van der Waals surface area contributed by atoms with Crippen LogP contribution in [-0.2, 0) is 0 Å². The predicted octanol–water partition coefficient (Wildman–Crippen LogP) is 2.36. The molecule has 0 aliphatic carbocycles. The van der Waals surface area contributed by atoms with Gasteiger partial charge in [0.25, 0.3) is 0 Å². The van der Waals surface area contributed by atoms with Crippen molar-refractivity contribution in [1.82, 2.24) is 10.3 Å². The molecule has 1 atom stereocenters. The molecule has 1 fully saturated rings. The Labute approximate surface area is 104 Å². The Morgan fingerprint density at radius 2 is 2.41 bits per heavy atom. The van der Waals surface area contributed by atoms with Crippen molar-refractivity contribution in [1.29, 1.82) is 0 Å². The minimum absolute atomic E-state index is 0.642. The normalized spacial score (nSPS) is 19.5. The lowest BCUT2D eigenvalue weighted by Gasteiger charge is -2.26. The second-order valence-electron chi connectivity index (χ2n) is 4.93. The van der Waals surface area contributed by atoms with Crippen molar-refractivity contribution in [3.05, 3.63) is 23.9 Å². The topological polar surface area (TPSA) is 28.2 Å². The molecule has 1 aliphatic heterocycles. The van der Waals surface area contributed by atoms with Gasteiger partial charge in [0.1, 0.15) is 5.82 Å². The third-order valence-electron chi connectivity index (χ3n) is 3.32.